The summed E-state index contributed by atoms with van der Waals surface area (Å²) in [4.78, 5) is 15.5. The fourth-order valence-electron chi connectivity index (χ4n) is 1.38. The quantitative estimate of drug-likeness (QED) is 0.611. The van der Waals surface area contributed by atoms with Crippen LogP contribution in [0.25, 0.3) is 0 Å². The zero-order valence-corrected chi connectivity index (χ0v) is 10.6. The Morgan fingerprint density at radius 3 is 2.56 bits per heavy atom. The van der Waals surface area contributed by atoms with Gasteiger partial charge in [0.15, 0.2) is 0 Å². The SMILES string of the molecule is O=C(CSCc1ccncc1)Oc1ccccc1. The van der Waals surface area contributed by atoms with Crippen LogP contribution in [0, 0.1) is 0 Å². The number of benzene rings is 1. The van der Waals surface area contributed by atoms with Crippen molar-refractivity contribution in [2.45, 2.75) is 5.75 Å². The highest BCUT2D eigenvalue weighted by Crippen LogP contribution is 2.13. The molecule has 2 aromatic rings. The molecule has 1 heterocycles. The first-order valence-corrected chi connectivity index (χ1v) is 6.72. The van der Waals surface area contributed by atoms with Crippen molar-refractivity contribution >= 4 is 17.7 Å². The average molecular weight is 259 g/mol. The molecule has 92 valence electrons. The molecule has 0 bridgehead atoms. The van der Waals surface area contributed by atoms with E-state index in [4.69, 9.17) is 4.74 Å². The lowest BCUT2D eigenvalue weighted by Crippen LogP contribution is -2.10. The summed E-state index contributed by atoms with van der Waals surface area (Å²) in [6, 6.07) is 13.0. The Bertz CT molecular complexity index is 488. The van der Waals surface area contributed by atoms with E-state index in [0.717, 1.165) is 11.3 Å². The number of ether oxygens (including phenoxy) is 1. The minimum atomic E-state index is -0.222. The normalized spacial score (nSPS) is 10.0. The van der Waals surface area contributed by atoms with Gasteiger partial charge in [-0.1, -0.05) is 18.2 Å². The van der Waals surface area contributed by atoms with Crippen LogP contribution < -0.4 is 4.74 Å². The zero-order chi connectivity index (χ0) is 12.6. The molecule has 0 saturated heterocycles. The van der Waals surface area contributed by atoms with E-state index in [1.54, 1.807) is 24.5 Å². The lowest BCUT2D eigenvalue weighted by atomic mass is 10.3. The summed E-state index contributed by atoms with van der Waals surface area (Å²) in [6.45, 7) is 0. The van der Waals surface area contributed by atoms with E-state index in [1.165, 1.54) is 11.8 Å². The van der Waals surface area contributed by atoms with Crippen molar-refractivity contribution in [3.63, 3.8) is 0 Å². The smallest absolute Gasteiger partial charge is 0.321 e. The van der Waals surface area contributed by atoms with Crippen LogP contribution in [0.5, 0.6) is 5.75 Å². The van der Waals surface area contributed by atoms with Crippen molar-refractivity contribution in [2.75, 3.05) is 5.75 Å². The summed E-state index contributed by atoms with van der Waals surface area (Å²) in [5.74, 6) is 1.50. The standard InChI is InChI=1S/C14H13NO2S/c16-14(17-13-4-2-1-3-5-13)11-18-10-12-6-8-15-9-7-12/h1-9H,10-11H2. The van der Waals surface area contributed by atoms with Crippen LogP contribution in [-0.4, -0.2) is 16.7 Å². The maximum atomic E-state index is 11.5. The number of esters is 1. The molecule has 0 N–H and O–H groups in total. The number of aromatic nitrogens is 1. The third-order valence-corrected chi connectivity index (χ3v) is 3.19. The number of hydrogen-bond donors (Lipinski definition) is 0. The van der Waals surface area contributed by atoms with Gasteiger partial charge in [-0.3, -0.25) is 9.78 Å². The van der Waals surface area contributed by atoms with E-state index in [-0.39, 0.29) is 5.97 Å². The van der Waals surface area contributed by atoms with Crippen molar-refractivity contribution in [3.8, 4) is 5.75 Å². The second-order valence-electron chi connectivity index (χ2n) is 3.64. The van der Waals surface area contributed by atoms with Gasteiger partial charge in [-0.15, -0.1) is 11.8 Å². The number of nitrogens with zero attached hydrogens (tertiary/aromatic N) is 1. The Balaban J connectivity index is 1.73. The molecule has 0 atom stereocenters. The van der Waals surface area contributed by atoms with Crippen LogP contribution in [-0.2, 0) is 10.5 Å². The van der Waals surface area contributed by atoms with Crippen LogP contribution in [0.1, 0.15) is 5.56 Å². The molecule has 0 aliphatic heterocycles. The molecule has 0 saturated carbocycles. The molecule has 1 aromatic heterocycles. The highest BCUT2D eigenvalue weighted by molar-refractivity contribution is 7.99. The fraction of sp³-hybridized carbons (Fsp3) is 0.143. The number of thioether (sulfide) groups is 1. The first-order valence-electron chi connectivity index (χ1n) is 5.57. The predicted octanol–water partition coefficient (Wildman–Crippen LogP) is 2.92. The van der Waals surface area contributed by atoms with Crippen LogP contribution in [0.4, 0.5) is 0 Å². The summed E-state index contributed by atoms with van der Waals surface area (Å²) in [7, 11) is 0. The van der Waals surface area contributed by atoms with Gasteiger partial charge >= 0.3 is 5.97 Å². The number of pyridine rings is 1. The van der Waals surface area contributed by atoms with E-state index in [2.05, 4.69) is 4.98 Å². The fourth-order valence-corrected chi connectivity index (χ4v) is 2.14. The molecule has 0 spiro atoms. The molecule has 18 heavy (non-hydrogen) atoms. The lowest BCUT2D eigenvalue weighted by molar-refractivity contribution is -0.131. The topological polar surface area (TPSA) is 39.2 Å². The molecule has 1 aromatic carbocycles. The van der Waals surface area contributed by atoms with Gasteiger partial charge in [0.2, 0.25) is 0 Å². The average Bonchev–Trinajstić information content (AvgIpc) is 2.41. The van der Waals surface area contributed by atoms with E-state index >= 15 is 0 Å². The van der Waals surface area contributed by atoms with Crippen molar-refractivity contribution in [1.82, 2.24) is 4.98 Å². The van der Waals surface area contributed by atoms with E-state index < -0.39 is 0 Å². The monoisotopic (exact) mass is 259 g/mol. The molecule has 2 rings (SSSR count). The minimum absolute atomic E-state index is 0.222. The highest BCUT2D eigenvalue weighted by atomic mass is 32.2. The van der Waals surface area contributed by atoms with Crippen molar-refractivity contribution in [1.29, 1.82) is 0 Å². The van der Waals surface area contributed by atoms with Gasteiger partial charge in [0.1, 0.15) is 5.75 Å². The number of hydrogen-bond acceptors (Lipinski definition) is 4. The highest BCUT2D eigenvalue weighted by Gasteiger charge is 2.04. The van der Waals surface area contributed by atoms with Gasteiger partial charge < -0.3 is 4.74 Å². The number of carbonyl (C=O) groups excluding carboxylic acids is 1. The second-order valence-corrected chi connectivity index (χ2v) is 4.62. The first kappa shape index (κ1) is 12.6. The summed E-state index contributed by atoms with van der Waals surface area (Å²) in [5.41, 5.74) is 1.16. The summed E-state index contributed by atoms with van der Waals surface area (Å²) < 4.78 is 5.18. The van der Waals surface area contributed by atoms with Gasteiger partial charge in [0.25, 0.3) is 0 Å². The summed E-state index contributed by atoms with van der Waals surface area (Å²) in [6.07, 6.45) is 3.50. The van der Waals surface area contributed by atoms with E-state index in [1.807, 2.05) is 30.3 Å². The van der Waals surface area contributed by atoms with E-state index in [0.29, 0.717) is 11.5 Å². The Hall–Kier alpha value is -1.81. The Kier molecular flexibility index (Phi) is 4.78. The van der Waals surface area contributed by atoms with Gasteiger partial charge in [0, 0.05) is 18.1 Å². The van der Waals surface area contributed by atoms with Gasteiger partial charge in [-0.25, -0.2) is 0 Å². The molecule has 0 radical (unpaired) electrons. The number of carbonyl (C=O) groups is 1. The van der Waals surface area contributed by atoms with Crippen LogP contribution >= 0.6 is 11.8 Å². The van der Waals surface area contributed by atoms with Crippen LogP contribution in [0.3, 0.4) is 0 Å². The summed E-state index contributed by atoms with van der Waals surface area (Å²) >= 11 is 1.53. The number of rotatable bonds is 5. The third kappa shape index (κ3) is 4.22. The molecule has 3 nitrogen and oxygen atoms in total. The molecule has 0 amide bonds. The molecule has 0 aliphatic carbocycles. The first-order chi connectivity index (χ1) is 8.84. The van der Waals surface area contributed by atoms with Crippen LogP contribution in [0.2, 0.25) is 0 Å². The Labute approximate surface area is 110 Å². The second kappa shape index (κ2) is 6.81. The summed E-state index contributed by atoms with van der Waals surface area (Å²) in [5, 5.41) is 0. The predicted molar refractivity (Wildman–Crippen MR) is 72.5 cm³/mol. The molecule has 0 unspecified atom stereocenters. The minimum Gasteiger partial charge on any atom is -0.426 e. The van der Waals surface area contributed by atoms with Gasteiger partial charge in [-0.05, 0) is 29.8 Å². The van der Waals surface area contributed by atoms with Gasteiger partial charge in [-0.2, -0.15) is 0 Å². The van der Waals surface area contributed by atoms with Crippen LogP contribution in [0.15, 0.2) is 54.9 Å². The Morgan fingerprint density at radius 1 is 1.11 bits per heavy atom. The maximum absolute atomic E-state index is 11.5. The van der Waals surface area contributed by atoms with E-state index in [9.17, 15) is 4.79 Å². The molecular weight excluding hydrogens is 246 g/mol. The molecule has 4 heteroatoms. The van der Waals surface area contributed by atoms with Crippen molar-refractivity contribution in [3.05, 3.63) is 60.4 Å². The molecule has 0 fully saturated rings. The maximum Gasteiger partial charge on any atom is 0.321 e. The third-order valence-electron chi connectivity index (χ3n) is 2.21. The Morgan fingerprint density at radius 2 is 1.83 bits per heavy atom. The lowest BCUT2D eigenvalue weighted by Gasteiger charge is -2.03. The van der Waals surface area contributed by atoms with Crippen molar-refractivity contribution in [2.24, 2.45) is 0 Å². The van der Waals surface area contributed by atoms with Crippen molar-refractivity contribution < 1.29 is 9.53 Å². The van der Waals surface area contributed by atoms with Gasteiger partial charge in [0.05, 0.1) is 5.75 Å². The largest absolute Gasteiger partial charge is 0.426 e. The number of para-hydroxylation sites is 1. The molecule has 0 aliphatic rings. The molecular formula is C14H13NO2S. The zero-order valence-electron chi connectivity index (χ0n) is 9.78.